The summed E-state index contributed by atoms with van der Waals surface area (Å²) in [7, 11) is 0. The highest BCUT2D eigenvalue weighted by Crippen LogP contribution is 2.16. The maximum Gasteiger partial charge on any atom is 0.325 e. The maximum atomic E-state index is 11.5. The lowest BCUT2D eigenvalue weighted by molar-refractivity contribution is -0.138. The van der Waals surface area contributed by atoms with Crippen LogP contribution in [-0.4, -0.2) is 29.1 Å². The third-order valence-corrected chi connectivity index (χ3v) is 2.30. The molecule has 21 heavy (non-hydrogen) atoms. The molecule has 114 valence electrons. The first-order valence-electron chi connectivity index (χ1n) is 6.46. The number of rotatable bonds is 6. The van der Waals surface area contributed by atoms with Crippen molar-refractivity contribution < 1.29 is 24.2 Å². The molecule has 0 unspecified atom stereocenters. The minimum atomic E-state index is -1.09. The van der Waals surface area contributed by atoms with Gasteiger partial charge in [0, 0.05) is 12.1 Å². The summed E-state index contributed by atoms with van der Waals surface area (Å²) >= 11 is 0. The van der Waals surface area contributed by atoms with Gasteiger partial charge in [-0.2, -0.15) is 0 Å². The van der Waals surface area contributed by atoms with Crippen LogP contribution in [-0.2, 0) is 9.59 Å². The standard InChI is InChI=1S/C14H18N2O5/c1-9(2)21-11-5-3-10(4-6-11)15-14(20)16-12(17)7-8-13(18)19/h3-6,9H,7-8H2,1-2H3,(H,18,19)(H2,15,16,17,20). The Morgan fingerprint density at radius 3 is 2.29 bits per heavy atom. The van der Waals surface area contributed by atoms with Crippen LogP contribution in [0.15, 0.2) is 24.3 Å². The smallest absolute Gasteiger partial charge is 0.325 e. The van der Waals surface area contributed by atoms with Crippen molar-refractivity contribution in [3.63, 3.8) is 0 Å². The molecule has 0 aliphatic heterocycles. The van der Waals surface area contributed by atoms with Crippen LogP contribution < -0.4 is 15.4 Å². The molecule has 0 bridgehead atoms. The Balaban J connectivity index is 2.44. The Morgan fingerprint density at radius 2 is 1.76 bits per heavy atom. The molecule has 7 nitrogen and oxygen atoms in total. The summed E-state index contributed by atoms with van der Waals surface area (Å²) in [4.78, 5) is 33.1. The highest BCUT2D eigenvalue weighted by atomic mass is 16.5. The normalized spacial score (nSPS) is 10.0. The zero-order valence-corrected chi connectivity index (χ0v) is 11.9. The lowest BCUT2D eigenvalue weighted by atomic mass is 10.3. The van der Waals surface area contributed by atoms with E-state index in [2.05, 4.69) is 5.32 Å². The van der Waals surface area contributed by atoms with Gasteiger partial charge in [0.05, 0.1) is 12.5 Å². The molecule has 1 rings (SSSR count). The van der Waals surface area contributed by atoms with Crippen molar-refractivity contribution in [2.45, 2.75) is 32.8 Å². The zero-order chi connectivity index (χ0) is 15.8. The topological polar surface area (TPSA) is 105 Å². The number of imide groups is 1. The molecule has 0 saturated carbocycles. The van der Waals surface area contributed by atoms with E-state index in [-0.39, 0.29) is 18.9 Å². The molecular formula is C14H18N2O5. The molecular weight excluding hydrogens is 276 g/mol. The summed E-state index contributed by atoms with van der Waals surface area (Å²) in [6, 6.07) is 5.96. The molecule has 0 fully saturated rings. The van der Waals surface area contributed by atoms with Gasteiger partial charge in [0.1, 0.15) is 5.75 Å². The van der Waals surface area contributed by atoms with E-state index in [0.717, 1.165) is 0 Å². The van der Waals surface area contributed by atoms with E-state index in [4.69, 9.17) is 9.84 Å². The molecule has 3 amide bonds. The van der Waals surface area contributed by atoms with E-state index < -0.39 is 17.9 Å². The number of carbonyl (C=O) groups is 3. The monoisotopic (exact) mass is 294 g/mol. The lowest BCUT2D eigenvalue weighted by Gasteiger charge is -2.10. The lowest BCUT2D eigenvalue weighted by Crippen LogP contribution is -2.34. The Hall–Kier alpha value is -2.57. The van der Waals surface area contributed by atoms with Gasteiger partial charge in [0.15, 0.2) is 0 Å². The number of carboxylic acids is 1. The van der Waals surface area contributed by atoms with Gasteiger partial charge in [-0.25, -0.2) is 4.79 Å². The number of ether oxygens (including phenoxy) is 1. The summed E-state index contributed by atoms with van der Waals surface area (Å²) < 4.78 is 5.46. The van der Waals surface area contributed by atoms with E-state index in [0.29, 0.717) is 11.4 Å². The van der Waals surface area contributed by atoms with Crippen LogP contribution in [0.3, 0.4) is 0 Å². The molecule has 0 saturated heterocycles. The van der Waals surface area contributed by atoms with Crippen LogP contribution in [0.4, 0.5) is 10.5 Å². The van der Waals surface area contributed by atoms with Gasteiger partial charge in [-0.05, 0) is 38.1 Å². The Kier molecular flexibility index (Phi) is 6.19. The number of carboxylic acid groups (broad SMARTS) is 1. The van der Waals surface area contributed by atoms with E-state index in [1.54, 1.807) is 24.3 Å². The van der Waals surface area contributed by atoms with Crippen molar-refractivity contribution in [3.8, 4) is 5.75 Å². The average molecular weight is 294 g/mol. The molecule has 1 aromatic carbocycles. The third-order valence-electron chi connectivity index (χ3n) is 2.30. The molecule has 0 spiro atoms. The highest BCUT2D eigenvalue weighted by Gasteiger charge is 2.09. The number of hydrogen-bond acceptors (Lipinski definition) is 4. The molecule has 7 heteroatoms. The molecule has 0 aliphatic rings. The molecule has 3 N–H and O–H groups in total. The molecule has 0 aliphatic carbocycles. The van der Waals surface area contributed by atoms with Gasteiger partial charge < -0.3 is 15.2 Å². The van der Waals surface area contributed by atoms with Crippen molar-refractivity contribution in [1.82, 2.24) is 5.32 Å². The van der Waals surface area contributed by atoms with Crippen LogP contribution in [0.2, 0.25) is 0 Å². The van der Waals surface area contributed by atoms with E-state index in [1.165, 1.54) is 0 Å². The molecule has 1 aromatic rings. The third kappa shape index (κ3) is 6.95. The number of carbonyl (C=O) groups excluding carboxylic acids is 2. The zero-order valence-electron chi connectivity index (χ0n) is 11.9. The first kappa shape index (κ1) is 16.5. The van der Waals surface area contributed by atoms with Crippen LogP contribution in [0.1, 0.15) is 26.7 Å². The second-order valence-corrected chi connectivity index (χ2v) is 4.59. The van der Waals surface area contributed by atoms with E-state index in [1.807, 2.05) is 19.2 Å². The number of nitrogens with one attached hydrogen (secondary N) is 2. The Morgan fingerprint density at radius 1 is 1.14 bits per heavy atom. The highest BCUT2D eigenvalue weighted by molar-refractivity contribution is 6.01. The van der Waals surface area contributed by atoms with Crippen LogP contribution in [0, 0.1) is 0 Å². The fourth-order valence-electron chi connectivity index (χ4n) is 1.46. The second-order valence-electron chi connectivity index (χ2n) is 4.59. The number of aliphatic carboxylic acids is 1. The molecule has 0 aromatic heterocycles. The van der Waals surface area contributed by atoms with Crippen LogP contribution >= 0.6 is 0 Å². The van der Waals surface area contributed by atoms with E-state index in [9.17, 15) is 14.4 Å². The minimum Gasteiger partial charge on any atom is -0.491 e. The Bertz CT molecular complexity index is 511. The van der Waals surface area contributed by atoms with Crippen molar-refractivity contribution >= 4 is 23.6 Å². The predicted octanol–water partition coefficient (Wildman–Crippen LogP) is 1.99. The molecule has 0 radical (unpaired) electrons. The summed E-state index contributed by atoms with van der Waals surface area (Å²) in [5.41, 5.74) is 0.495. The fraction of sp³-hybridized carbons (Fsp3) is 0.357. The summed E-state index contributed by atoms with van der Waals surface area (Å²) in [6.07, 6.45) is -0.511. The first-order valence-corrected chi connectivity index (χ1v) is 6.46. The van der Waals surface area contributed by atoms with Crippen molar-refractivity contribution in [1.29, 1.82) is 0 Å². The van der Waals surface area contributed by atoms with Gasteiger partial charge in [-0.3, -0.25) is 14.9 Å². The predicted molar refractivity (Wildman–Crippen MR) is 76.2 cm³/mol. The summed E-state index contributed by atoms with van der Waals surface area (Å²) in [6.45, 7) is 3.81. The number of amides is 3. The van der Waals surface area contributed by atoms with E-state index >= 15 is 0 Å². The first-order chi connectivity index (χ1) is 9.86. The van der Waals surface area contributed by atoms with Gasteiger partial charge in [-0.1, -0.05) is 0 Å². The minimum absolute atomic E-state index is 0.0546. The van der Waals surface area contributed by atoms with Gasteiger partial charge >= 0.3 is 12.0 Å². The second kappa shape index (κ2) is 7.88. The quantitative estimate of drug-likeness (QED) is 0.744. The maximum absolute atomic E-state index is 11.5. The largest absolute Gasteiger partial charge is 0.491 e. The van der Waals surface area contributed by atoms with Gasteiger partial charge in [0.25, 0.3) is 0 Å². The number of urea groups is 1. The SMILES string of the molecule is CC(C)Oc1ccc(NC(=O)NC(=O)CCC(=O)O)cc1. The van der Waals surface area contributed by atoms with Crippen molar-refractivity contribution in [2.24, 2.45) is 0 Å². The van der Waals surface area contributed by atoms with Crippen molar-refractivity contribution in [3.05, 3.63) is 24.3 Å². The Labute approximate surface area is 122 Å². The summed E-state index contributed by atoms with van der Waals surface area (Å²) in [5.74, 6) is -1.06. The van der Waals surface area contributed by atoms with Crippen molar-refractivity contribution in [2.75, 3.05) is 5.32 Å². The number of anilines is 1. The average Bonchev–Trinajstić information content (AvgIpc) is 2.38. The summed E-state index contributed by atoms with van der Waals surface area (Å²) in [5, 5.41) is 12.9. The van der Waals surface area contributed by atoms with Crippen LogP contribution in [0.5, 0.6) is 5.75 Å². The fourth-order valence-corrected chi connectivity index (χ4v) is 1.46. The molecule has 0 heterocycles. The number of hydrogen-bond donors (Lipinski definition) is 3. The van der Waals surface area contributed by atoms with Gasteiger partial charge in [-0.15, -0.1) is 0 Å². The van der Waals surface area contributed by atoms with Gasteiger partial charge in [0.2, 0.25) is 5.91 Å². The molecule has 0 atom stereocenters. The number of benzene rings is 1. The van der Waals surface area contributed by atoms with Crippen LogP contribution in [0.25, 0.3) is 0 Å².